The second-order valence-corrected chi connectivity index (χ2v) is 4.04. The summed E-state index contributed by atoms with van der Waals surface area (Å²) in [4.78, 5) is 18.7. The molecule has 1 aromatic heterocycles. The van der Waals surface area contributed by atoms with Gasteiger partial charge in [0.2, 0.25) is 5.95 Å². The van der Waals surface area contributed by atoms with E-state index in [-0.39, 0.29) is 5.95 Å². The predicted octanol–water partition coefficient (Wildman–Crippen LogP) is 1.87. The lowest BCUT2D eigenvalue weighted by Crippen LogP contribution is -2.01. The molecule has 1 aromatic carbocycles. The molecule has 2 rings (SSSR count). The van der Waals surface area contributed by atoms with Gasteiger partial charge in [-0.1, -0.05) is 18.2 Å². The molecule has 0 atom stereocenters. The Morgan fingerprint density at radius 2 is 2.15 bits per heavy atom. The van der Waals surface area contributed by atoms with Gasteiger partial charge in [0.05, 0.1) is 5.69 Å². The van der Waals surface area contributed by atoms with Crippen LogP contribution in [0.25, 0.3) is 17.3 Å². The van der Waals surface area contributed by atoms with Gasteiger partial charge in [0.25, 0.3) is 0 Å². The Bertz CT molecular complexity index is 668. The summed E-state index contributed by atoms with van der Waals surface area (Å²) in [5.74, 6) is -0.184. The average Bonchev–Trinajstić information content (AvgIpc) is 2.44. The van der Waals surface area contributed by atoms with Crippen molar-refractivity contribution in [3.8, 4) is 11.3 Å². The van der Waals surface area contributed by atoms with E-state index < -0.39 is 5.97 Å². The van der Waals surface area contributed by atoms with Crippen molar-refractivity contribution in [2.75, 3.05) is 18.1 Å². The minimum Gasteiger partial charge on any atom is -0.478 e. The van der Waals surface area contributed by atoms with Crippen molar-refractivity contribution in [1.82, 2.24) is 9.97 Å². The van der Waals surface area contributed by atoms with Crippen molar-refractivity contribution in [2.24, 2.45) is 0 Å². The van der Waals surface area contributed by atoms with Crippen LogP contribution in [0.2, 0.25) is 0 Å². The zero-order valence-electron chi connectivity index (χ0n) is 10.9. The van der Waals surface area contributed by atoms with Crippen molar-refractivity contribution in [1.29, 1.82) is 0 Å². The first-order chi connectivity index (χ1) is 9.58. The minimum atomic E-state index is -0.987. The SMILES string of the molecule is CNc1cc(-c2cccc(/C=C/C(=O)O)c2)nc(N)n1. The van der Waals surface area contributed by atoms with Crippen molar-refractivity contribution in [3.05, 3.63) is 42.0 Å². The second kappa shape index (κ2) is 5.83. The summed E-state index contributed by atoms with van der Waals surface area (Å²) in [6.45, 7) is 0. The molecule has 0 saturated carbocycles. The number of nitrogen functional groups attached to an aromatic ring is 1. The molecule has 0 aliphatic carbocycles. The molecule has 6 heteroatoms. The van der Waals surface area contributed by atoms with Crippen LogP contribution < -0.4 is 11.1 Å². The Balaban J connectivity index is 2.40. The van der Waals surface area contributed by atoms with Crippen LogP contribution in [0.3, 0.4) is 0 Å². The number of hydrogen-bond acceptors (Lipinski definition) is 5. The molecule has 0 aliphatic rings. The highest BCUT2D eigenvalue weighted by molar-refractivity contribution is 5.85. The van der Waals surface area contributed by atoms with Crippen molar-refractivity contribution in [3.63, 3.8) is 0 Å². The summed E-state index contributed by atoms with van der Waals surface area (Å²) in [6.07, 6.45) is 2.61. The van der Waals surface area contributed by atoms with Crippen LogP contribution in [-0.4, -0.2) is 28.1 Å². The average molecular weight is 270 g/mol. The number of carbonyl (C=O) groups is 1. The highest BCUT2D eigenvalue weighted by Crippen LogP contribution is 2.22. The van der Waals surface area contributed by atoms with Crippen molar-refractivity contribution < 1.29 is 9.90 Å². The van der Waals surface area contributed by atoms with Gasteiger partial charge in [-0.15, -0.1) is 0 Å². The summed E-state index contributed by atoms with van der Waals surface area (Å²) in [5, 5.41) is 11.5. The van der Waals surface area contributed by atoms with E-state index in [1.54, 1.807) is 13.1 Å². The van der Waals surface area contributed by atoms with Crippen LogP contribution in [0.4, 0.5) is 11.8 Å². The van der Waals surface area contributed by atoms with Gasteiger partial charge in [-0.05, 0) is 17.7 Å². The Kier molecular flexibility index (Phi) is 3.95. The number of aliphatic carboxylic acids is 1. The van der Waals surface area contributed by atoms with E-state index >= 15 is 0 Å². The standard InChI is InChI=1S/C14H14N4O2/c1-16-12-8-11(17-14(15)18-12)10-4-2-3-9(7-10)5-6-13(19)20/h2-8H,1H3,(H,19,20)(H3,15,16,17,18)/b6-5+. The number of benzene rings is 1. The monoisotopic (exact) mass is 270 g/mol. The third-order valence-electron chi connectivity index (χ3n) is 2.60. The molecule has 0 fully saturated rings. The van der Waals surface area contributed by atoms with E-state index in [0.29, 0.717) is 11.5 Å². The minimum absolute atomic E-state index is 0.179. The normalized spacial score (nSPS) is 10.7. The van der Waals surface area contributed by atoms with Gasteiger partial charge in [0, 0.05) is 24.8 Å². The third-order valence-corrected chi connectivity index (χ3v) is 2.60. The Morgan fingerprint density at radius 3 is 2.85 bits per heavy atom. The number of nitrogens with zero attached hydrogens (tertiary/aromatic N) is 2. The van der Waals surface area contributed by atoms with E-state index in [4.69, 9.17) is 10.8 Å². The van der Waals surface area contributed by atoms with Gasteiger partial charge in [0.1, 0.15) is 5.82 Å². The highest BCUT2D eigenvalue weighted by atomic mass is 16.4. The summed E-state index contributed by atoms with van der Waals surface area (Å²) in [6, 6.07) is 9.12. The molecule has 102 valence electrons. The lowest BCUT2D eigenvalue weighted by Gasteiger charge is -2.06. The Labute approximate surface area is 116 Å². The molecule has 0 bridgehead atoms. The second-order valence-electron chi connectivity index (χ2n) is 4.04. The number of nitrogens with one attached hydrogen (secondary N) is 1. The molecular formula is C14H14N4O2. The van der Waals surface area contributed by atoms with Crippen molar-refractivity contribution in [2.45, 2.75) is 0 Å². The molecule has 1 heterocycles. The summed E-state index contributed by atoms with van der Waals surface area (Å²) >= 11 is 0. The smallest absolute Gasteiger partial charge is 0.328 e. The number of hydrogen-bond donors (Lipinski definition) is 3. The summed E-state index contributed by atoms with van der Waals surface area (Å²) in [5.41, 5.74) is 7.94. The molecule has 0 radical (unpaired) electrons. The largest absolute Gasteiger partial charge is 0.478 e. The quantitative estimate of drug-likeness (QED) is 0.733. The maximum Gasteiger partial charge on any atom is 0.328 e. The number of rotatable bonds is 4. The van der Waals surface area contributed by atoms with Crippen LogP contribution >= 0.6 is 0 Å². The number of aromatic nitrogens is 2. The predicted molar refractivity (Wildman–Crippen MR) is 78.1 cm³/mol. The Hall–Kier alpha value is -2.89. The molecule has 2 aromatic rings. The fraction of sp³-hybridized carbons (Fsp3) is 0.0714. The molecule has 6 nitrogen and oxygen atoms in total. The first-order valence-corrected chi connectivity index (χ1v) is 5.92. The van der Waals surface area contributed by atoms with Crippen LogP contribution in [0.15, 0.2) is 36.4 Å². The molecule has 4 N–H and O–H groups in total. The molecule has 0 aliphatic heterocycles. The fourth-order valence-electron chi connectivity index (χ4n) is 1.71. The fourth-order valence-corrected chi connectivity index (χ4v) is 1.71. The topological polar surface area (TPSA) is 101 Å². The van der Waals surface area contributed by atoms with Crippen LogP contribution in [-0.2, 0) is 4.79 Å². The lowest BCUT2D eigenvalue weighted by molar-refractivity contribution is -0.131. The van der Waals surface area contributed by atoms with Gasteiger partial charge >= 0.3 is 5.97 Å². The molecule has 0 amide bonds. The Morgan fingerprint density at radius 1 is 1.35 bits per heavy atom. The first-order valence-electron chi connectivity index (χ1n) is 5.92. The van der Waals surface area contributed by atoms with E-state index in [9.17, 15) is 4.79 Å². The van der Waals surface area contributed by atoms with Crippen LogP contribution in [0.1, 0.15) is 5.56 Å². The maximum atomic E-state index is 10.5. The molecule has 0 unspecified atom stereocenters. The third kappa shape index (κ3) is 3.32. The number of carboxylic acids is 1. The van der Waals surface area contributed by atoms with E-state index in [1.807, 2.05) is 24.3 Å². The zero-order valence-corrected chi connectivity index (χ0v) is 10.9. The van der Waals surface area contributed by atoms with Crippen molar-refractivity contribution >= 4 is 23.8 Å². The van der Waals surface area contributed by atoms with Crippen LogP contribution in [0, 0.1) is 0 Å². The van der Waals surface area contributed by atoms with Gasteiger partial charge in [-0.25, -0.2) is 9.78 Å². The zero-order chi connectivity index (χ0) is 14.5. The number of nitrogens with two attached hydrogens (primary N) is 1. The molecule has 20 heavy (non-hydrogen) atoms. The van der Waals surface area contributed by atoms with Gasteiger partial charge in [0.15, 0.2) is 0 Å². The summed E-state index contributed by atoms with van der Waals surface area (Å²) in [7, 11) is 1.75. The highest BCUT2D eigenvalue weighted by Gasteiger charge is 2.04. The van der Waals surface area contributed by atoms with Gasteiger partial charge in [-0.3, -0.25) is 0 Å². The van der Waals surface area contributed by atoms with Gasteiger partial charge < -0.3 is 16.2 Å². The van der Waals surface area contributed by atoms with E-state index in [2.05, 4.69) is 15.3 Å². The molecule has 0 saturated heterocycles. The van der Waals surface area contributed by atoms with E-state index in [1.165, 1.54) is 6.08 Å². The lowest BCUT2D eigenvalue weighted by atomic mass is 10.1. The number of anilines is 2. The van der Waals surface area contributed by atoms with Crippen LogP contribution in [0.5, 0.6) is 0 Å². The van der Waals surface area contributed by atoms with Gasteiger partial charge in [-0.2, -0.15) is 4.98 Å². The van der Waals surface area contributed by atoms with E-state index in [0.717, 1.165) is 17.2 Å². The molecule has 0 spiro atoms. The first kappa shape index (κ1) is 13.5. The summed E-state index contributed by atoms with van der Waals surface area (Å²) < 4.78 is 0. The maximum absolute atomic E-state index is 10.5. The number of carboxylic acid groups (broad SMARTS) is 1. The molecular weight excluding hydrogens is 256 g/mol.